The molecule has 3 nitrogen and oxygen atoms in total. The van der Waals surface area contributed by atoms with Gasteiger partial charge in [-0.05, 0) is 42.3 Å². The predicted molar refractivity (Wildman–Crippen MR) is 83.8 cm³/mol. The lowest BCUT2D eigenvalue weighted by atomic mass is 10.1. The van der Waals surface area contributed by atoms with Crippen LogP contribution in [-0.4, -0.2) is 17.0 Å². The first kappa shape index (κ1) is 12.9. The zero-order chi connectivity index (χ0) is 14.1. The summed E-state index contributed by atoms with van der Waals surface area (Å²) in [5.41, 5.74) is 3.05. The average molecular weight is 284 g/mol. The van der Waals surface area contributed by atoms with Gasteiger partial charge in [-0.1, -0.05) is 30.3 Å². The van der Waals surface area contributed by atoms with Crippen LogP contribution in [0.5, 0.6) is 0 Å². The van der Waals surface area contributed by atoms with Crippen LogP contribution in [-0.2, 0) is 0 Å². The van der Waals surface area contributed by atoms with Crippen LogP contribution >= 0.6 is 11.6 Å². The maximum Gasteiger partial charge on any atom is 0.224 e. The lowest BCUT2D eigenvalue weighted by Gasteiger charge is -2.20. The van der Waals surface area contributed by atoms with E-state index in [0.717, 1.165) is 28.0 Å². The van der Waals surface area contributed by atoms with Crippen LogP contribution < -0.4 is 4.90 Å². The smallest absolute Gasteiger partial charge is 0.224 e. The Labute approximate surface area is 122 Å². The van der Waals surface area contributed by atoms with Gasteiger partial charge in [0, 0.05) is 18.1 Å². The van der Waals surface area contributed by atoms with Crippen LogP contribution in [0.25, 0.3) is 10.9 Å². The third-order valence-corrected chi connectivity index (χ3v) is 3.51. The number of fused-ring (bicyclic) bond motifs is 1. The molecule has 0 aliphatic rings. The van der Waals surface area contributed by atoms with E-state index in [0.29, 0.717) is 0 Å². The molecule has 0 unspecified atom stereocenters. The minimum absolute atomic E-state index is 0.268. The molecule has 0 radical (unpaired) electrons. The summed E-state index contributed by atoms with van der Waals surface area (Å²) in [6, 6.07) is 16.1. The van der Waals surface area contributed by atoms with Crippen molar-refractivity contribution in [2.24, 2.45) is 0 Å². The van der Waals surface area contributed by atoms with Crippen LogP contribution in [0.2, 0.25) is 5.28 Å². The Kier molecular flexibility index (Phi) is 3.28. The van der Waals surface area contributed by atoms with Crippen LogP contribution in [0, 0.1) is 6.92 Å². The van der Waals surface area contributed by atoms with Gasteiger partial charge in [-0.2, -0.15) is 4.98 Å². The highest BCUT2D eigenvalue weighted by Crippen LogP contribution is 2.30. The highest BCUT2D eigenvalue weighted by Gasteiger charge is 2.13. The summed E-state index contributed by atoms with van der Waals surface area (Å²) in [5.74, 6) is 0.815. The first-order valence-electron chi connectivity index (χ1n) is 6.38. The zero-order valence-electron chi connectivity index (χ0n) is 11.3. The van der Waals surface area contributed by atoms with E-state index < -0.39 is 0 Å². The molecular formula is C16H14ClN3. The molecule has 0 amide bonds. The van der Waals surface area contributed by atoms with Crippen LogP contribution in [0.15, 0.2) is 48.5 Å². The van der Waals surface area contributed by atoms with Gasteiger partial charge in [-0.25, -0.2) is 4.98 Å². The molecule has 0 N–H and O–H groups in total. The van der Waals surface area contributed by atoms with Crippen molar-refractivity contribution < 1.29 is 0 Å². The summed E-state index contributed by atoms with van der Waals surface area (Å²) < 4.78 is 0. The van der Waals surface area contributed by atoms with E-state index in [2.05, 4.69) is 9.97 Å². The van der Waals surface area contributed by atoms with Crippen molar-refractivity contribution in [1.82, 2.24) is 9.97 Å². The second-order valence-electron chi connectivity index (χ2n) is 4.68. The molecule has 1 aromatic heterocycles. The van der Waals surface area contributed by atoms with Crippen molar-refractivity contribution in [3.63, 3.8) is 0 Å². The van der Waals surface area contributed by atoms with Crippen molar-refractivity contribution in [1.29, 1.82) is 0 Å². The molecule has 0 atom stereocenters. The number of benzene rings is 2. The van der Waals surface area contributed by atoms with E-state index in [-0.39, 0.29) is 5.28 Å². The van der Waals surface area contributed by atoms with E-state index in [1.54, 1.807) is 0 Å². The van der Waals surface area contributed by atoms with Crippen molar-refractivity contribution in [3.8, 4) is 0 Å². The third-order valence-electron chi connectivity index (χ3n) is 3.34. The Morgan fingerprint density at radius 1 is 0.950 bits per heavy atom. The number of rotatable bonds is 2. The summed E-state index contributed by atoms with van der Waals surface area (Å²) in [6.07, 6.45) is 0. The number of nitrogens with zero attached hydrogens (tertiary/aromatic N) is 3. The Morgan fingerprint density at radius 2 is 1.70 bits per heavy atom. The average Bonchev–Trinajstić information content (AvgIpc) is 2.48. The SMILES string of the molecule is Cc1cccc2c(N(C)c3ccccc3)nc(Cl)nc12. The van der Waals surface area contributed by atoms with Gasteiger partial charge in [0.15, 0.2) is 0 Å². The predicted octanol–water partition coefficient (Wildman–Crippen LogP) is 4.36. The molecule has 100 valence electrons. The molecule has 2 aromatic carbocycles. The second-order valence-corrected chi connectivity index (χ2v) is 5.02. The van der Waals surface area contributed by atoms with Gasteiger partial charge < -0.3 is 4.90 Å². The Morgan fingerprint density at radius 3 is 2.45 bits per heavy atom. The van der Waals surface area contributed by atoms with Crippen LogP contribution in [0.1, 0.15) is 5.56 Å². The van der Waals surface area contributed by atoms with E-state index >= 15 is 0 Å². The van der Waals surface area contributed by atoms with Gasteiger partial charge in [0.2, 0.25) is 5.28 Å². The normalized spacial score (nSPS) is 10.8. The summed E-state index contributed by atoms with van der Waals surface area (Å²) in [5, 5.41) is 1.27. The van der Waals surface area contributed by atoms with Gasteiger partial charge in [-0.3, -0.25) is 0 Å². The zero-order valence-corrected chi connectivity index (χ0v) is 12.1. The number of halogens is 1. The first-order chi connectivity index (χ1) is 9.66. The fourth-order valence-corrected chi connectivity index (χ4v) is 2.45. The van der Waals surface area contributed by atoms with Crippen molar-refractivity contribution in [2.75, 3.05) is 11.9 Å². The fraction of sp³-hybridized carbons (Fsp3) is 0.125. The topological polar surface area (TPSA) is 29.0 Å². The summed E-state index contributed by atoms with van der Waals surface area (Å²) >= 11 is 6.08. The van der Waals surface area contributed by atoms with E-state index in [1.807, 2.05) is 67.4 Å². The maximum absolute atomic E-state index is 6.08. The van der Waals surface area contributed by atoms with Gasteiger partial charge in [0.05, 0.1) is 5.52 Å². The van der Waals surface area contributed by atoms with E-state index in [9.17, 15) is 0 Å². The maximum atomic E-state index is 6.08. The van der Waals surface area contributed by atoms with Crippen LogP contribution in [0.4, 0.5) is 11.5 Å². The van der Waals surface area contributed by atoms with Gasteiger partial charge in [0.1, 0.15) is 5.82 Å². The number of hydrogen-bond donors (Lipinski definition) is 0. The quantitative estimate of drug-likeness (QED) is 0.654. The fourth-order valence-electron chi connectivity index (χ4n) is 2.28. The summed E-state index contributed by atoms with van der Waals surface area (Å²) in [6.45, 7) is 2.03. The molecular weight excluding hydrogens is 270 g/mol. The molecule has 4 heteroatoms. The van der Waals surface area contributed by atoms with Gasteiger partial charge in [-0.15, -0.1) is 0 Å². The first-order valence-corrected chi connectivity index (χ1v) is 6.76. The molecule has 0 spiro atoms. The van der Waals surface area contributed by atoms with E-state index in [1.165, 1.54) is 0 Å². The largest absolute Gasteiger partial charge is 0.329 e. The molecule has 0 fully saturated rings. The summed E-state index contributed by atoms with van der Waals surface area (Å²) in [4.78, 5) is 10.8. The van der Waals surface area contributed by atoms with Gasteiger partial charge in [0.25, 0.3) is 0 Å². The number of aryl methyl sites for hydroxylation is 1. The lowest BCUT2D eigenvalue weighted by molar-refractivity contribution is 1.11. The molecule has 20 heavy (non-hydrogen) atoms. The van der Waals surface area contributed by atoms with Gasteiger partial charge >= 0.3 is 0 Å². The molecule has 0 aliphatic heterocycles. The second kappa shape index (κ2) is 5.10. The number of para-hydroxylation sites is 2. The minimum atomic E-state index is 0.268. The number of aromatic nitrogens is 2. The number of anilines is 2. The third kappa shape index (κ3) is 2.21. The Bertz CT molecular complexity index is 756. The van der Waals surface area contributed by atoms with Crippen LogP contribution in [0.3, 0.4) is 0 Å². The minimum Gasteiger partial charge on any atom is -0.329 e. The number of hydrogen-bond acceptors (Lipinski definition) is 3. The lowest BCUT2D eigenvalue weighted by Crippen LogP contribution is -2.12. The molecule has 3 rings (SSSR count). The van der Waals surface area contributed by atoms with E-state index in [4.69, 9.17) is 11.6 Å². The highest BCUT2D eigenvalue weighted by atomic mass is 35.5. The Hall–Kier alpha value is -2.13. The monoisotopic (exact) mass is 283 g/mol. The molecule has 0 saturated carbocycles. The molecule has 0 saturated heterocycles. The molecule has 3 aromatic rings. The highest BCUT2D eigenvalue weighted by molar-refractivity contribution is 6.29. The molecule has 0 aliphatic carbocycles. The molecule has 0 bridgehead atoms. The standard InChI is InChI=1S/C16H14ClN3/c1-11-7-6-10-13-14(11)18-16(17)19-15(13)20(2)12-8-4-3-5-9-12/h3-10H,1-2H3. The molecule has 1 heterocycles. The van der Waals surface area contributed by atoms with Crippen molar-refractivity contribution >= 4 is 34.0 Å². The van der Waals surface area contributed by atoms with Crippen molar-refractivity contribution in [2.45, 2.75) is 6.92 Å². The Balaban J connectivity index is 2.23. The van der Waals surface area contributed by atoms with Crippen molar-refractivity contribution in [3.05, 3.63) is 59.4 Å². The summed E-state index contributed by atoms with van der Waals surface area (Å²) in [7, 11) is 1.98.